The van der Waals surface area contributed by atoms with Gasteiger partial charge in [0.05, 0.1) is 0 Å². The van der Waals surface area contributed by atoms with Gasteiger partial charge in [-0.1, -0.05) is 24.3 Å². The van der Waals surface area contributed by atoms with Crippen LogP contribution in [0.25, 0.3) is 0 Å². The molecule has 0 amide bonds. The van der Waals surface area contributed by atoms with Gasteiger partial charge in [0.25, 0.3) is 0 Å². The van der Waals surface area contributed by atoms with Crippen molar-refractivity contribution in [1.82, 2.24) is 10.2 Å². The Hall–Kier alpha value is -0.860. The first-order chi connectivity index (χ1) is 8.33. The van der Waals surface area contributed by atoms with Crippen LogP contribution < -0.4 is 5.32 Å². The van der Waals surface area contributed by atoms with E-state index in [4.69, 9.17) is 0 Å². The third-order valence-electron chi connectivity index (χ3n) is 4.33. The van der Waals surface area contributed by atoms with Crippen molar-refractivity contribution in [3.8, 4) is 0 Å². The first-order valence-electron chi connectivity index (χ1n) is 6.82. The molecule has 2 fully saturated rings. The maximum atomic E-state index is 3.44. The maximum Gasteiger partial charge on any atom is 0.00477 e. The summed E-state index contributed by atoms with van der Waals surface area (Å²) in [5, 5.41) is 3.44. The zero-order valence-electron chi connectivity index (χ0n) is 10.7. The van der Waals surface area contributed by atoms with E-state index in [0.29, 0.717) is 0 Å². The van der Waals surface area contributed by atoms with E-state index < -0.39 is 0 Å². The molecule has 2 nitrogen and oxygen atoms in total. The topological polar surface area (TPSA) is 15.3 Å². The summed E-state index contributed by atoms with van der Waals surface area (Å²) >= 11 is 0. The number of nitrogens with zero attached hydrogens (tertiary/aromatic N) is 1. The second-order valence-electron chi connectivity index (χ2n) is 5.60. The van der Waals surface area contributed by atoms with E-state index in [1.54, 1.807) is 0 Å². The van der Waals surface area contributed by atoms with Gasteiger partial charge in [0.1, 0.15) is 0 Å². The highest BCUT2D eigenvalue weighted by atomic mass is 15.1. The third kappa shape index (κ3) is 2.38. The molecule has 2 aliphatic heterocycles. The van der Waals surface area contributed by atoms with Crippen LogP contribution in [0.2, 0.25) is 0 Å². The average molecular weight is 230 g/mol. The second kappa shape index (κ2) is 4.79. The molecule has 0 bridgehead atoms. The van der Waals surface area contributed by atoms with Gasteiger partial charge in [-0.3, -0.25) is 0 Å². The Bertz CT molecular complexity index is 365. The number of benzene rings is 1. The third-order valence-corrected chi connectivity index (χ3v) is 4.33. The van der Waals surface area contributed by atoms with Crippen LogP contribution in [0.15, 0.2) is 24.3 Å². The number of nitrogens with one attached hydrogen (secondary N) is 1. The summed E-state index contributed by atoms with van der Waals surface area (Å²) < 4.78 is 0. The van der Waals surface area contributed by atoms with Crippen LogP contribution in [0.1, 0.15) is 35.8 Å². The molecule has 3 rings (SSSR count). The van der Waals surface area contributed by atoms with Gasteiger partial charge in [0, 0.05) is 13.1 Å². The van der Waals surface area contributed by atoms with Crippen molar-refractivity contribution < 1.29 is 0 Å². The minimum Gasteiger partial charge on any atom is -0.316 e. The Morgan fingerprint density at radius 2 is 1.76 bits per heavy atom. The lowest BCUT2D eigenvalue weighted by molar-refractivity contribution is 0.411. The van der Waals surface area contributed by atoms with E-state index in [9.17, 15) is 0 Å². The fourth-order valence-corrected chi connectivity index (χ4v) is 3.19. The number of likely N-dealkylation sites (tertiary alicyclic amines) is 1. The fraction of sp³-hybridized carbons (Fsp3) is 0.600. The molecule has 2 unspecified atom stereocenters. The average Bonchev–Trinajstić information content (AvgIpc) is 3.00. The quantitative estimate of drug-likeness (QED) is 0.838. The minimum absolute atomic E-state index is 0.746. The van der Waals surface area contributed by atoms with Crippen LogP contribution in [0.5, 0.6) is 0 Å². The van der Waals surface area contributed by atoms with Crippen LogP contribution >= 0.6 is 0 Å². The van der Waals surface area contributed by atoms with Crippen molar-refractivity contribution in [2.45, 2.75) is 24.7 Å². The van der Waals surface area contributed by atoms with Gasteiger partial charge in [-0.15, -0.1) is 0 Å². The highest BCUT2D eigenvalue weighted by Gasteiger charge is 2.21. The van der Waals surface area contributed by atoms with Crippen LogP contribution in [-0.4, -0.2) is 38.1 Å². The summed E-state index contributed by atoms with van der Waals surface area (Å²) in [6.07, 6.45) is 2.62. The highest BCUT2D eigenvalue weighted by molar-refractivity contribution is 5.29. The molecule has 2 atom stereocenters. The summed E-state index contributed by atoms with van der Waals surface area (Å²) in [6.45, 7) is 4.81. The molecule has 2 heterocycles. The number of hydrogen-bond donors (Lipinski definition) is 1. The van der Waals surface area contributed by atoms with Gasteiger partial charge in [0.2, 0.25) is 0 Å². The predicted octanol–water partition coefficient (Wildman–Crippen LogP) is 2.18. The normalized spacial score (nSPS) is 29.9. The summed E-state index contributed by atoms with van der Waals surface area (Å²) in [5.41, 5.74) is 3.05. The van der Waals surface area contributed by atoms with Crippen molar-refractivity contribution in [3.63, 3.8) is 0 Å². The zero-order chi connectivity index (χ0) is 11.7. The molecule has 2 aliphatic rings. The van der Waals surface area contributed by atoms with Gasteiger partial charge >= 0.3 is 0 Å². The van der Waals surface area contributed by atoms with E-state index in [0.717, 1.165) is 18.4 Å². The molecule has 0 aliphatic carbocycles. The monoisotopic (exact) mass is 230 g/mol. The lowest BCUT2D eigenvalue weighted by atomic mass is 9.93. The van der Waals surface area contributed by atoms with Gasteiger partial charge in [-0.2, -0.15) is 0 Å². The molecule has 0 radical (unpaired) electrons. The number of likely N-dealkylation sites (N-methyl/N-ethyl adjacent to an activating group) is 1. The molecule has 17 heavy (non-hydrogen) atoms. The summed E-state index contributed by atoms with van der Waals surface area (Å²) in [7, 11) is 2.22. The van der Waals surface area contributed by atoms with Crippen LogP contribution in [-0.2, 0) is 0 Å². The molecular weight excluding hydrogens is 208 g/mol. The maximum absolute atomic E-state index is 3.44. The summed E-state index contributed by atoms with van der Waals surface area (Å²) in [4.78, 5) is 2.43. The standard InChI is InChI=1S/C15H22N2/c1-17-9-7-15(11-17)13-4-2-12(3-5-13)14-6-8-16-10-14/h2-5,14-16H,6-11H2,1H3. The van der Waals surface area contributed by atoms with Gasteiger partial charge < -0.3 is 10.2 Å². The van der Waals surface area contributed by atoms with E-state index in [1.165, 1.54) is 43.6 Å². The van der Waals surface area contributed by atoms with Crippen LogP contribution in [0.3, 0.4) is 0 Å². The van der Waals surface area contributed by atoms with Crippen molar-refractivity contribution in [3.05, 3.63) is 35.4 Å². The van der Waals surface area contributed by atoms with E-state index in [-0.39, 0.29) is 0 Å². The zero-order valence-corrected chi connectivity index (χ0v) is 10.7. The summed E-state index contributed by atoms with van der Waals surface area (Å²) in [6, 6.07) is 9.42. The Labute approximate surface area is 104 Å². The van der Waals surface area contributed by atoms with Crippen molar-refractivity contribution >= 4 is 0 Å². The Morgan fingerprint density at radius 3 is 2.29 bits per heavy atom. The van der Waals surface area contributed by atoms with E-state index >= 15 is 0 Å². The van der Waals surface area contributed by atoms with Gasteiger partial charge in [-0.25, -0.2) is 0 Å². The second-order valence-corrected chi connectivity index (χ2v) is 5.60. The number of rotatable bonds is 2. The first kappa shape index (κ1) is 11.2. The van der Waals surface area contributed by atoms with Crippen molar-refractivity contribution in [2.24, 2.45) is 0 Å². The largest absolute Gasteiger partial charge is 0.316 e. The SMILES string of the molecule is CN1CCC(c2ccc(C3CCNC3)cc2)C1. The van der Waals surface area contributed by atoms with Crippen LogP contribution in [0.4, 0.5) is 0 Å². The van der Waals surface area contributed by atoms with E-state index in [1.807, 2.05) is 0 Å². The first-order valence-corrected chi connectivity index (χ1v) is 6.82. The molecular formula is C15H22N2. The molecule has 0 aromatic heterocycles. The van der Waals surface area contributed by atoms with Gasteiger partial charge in [0.15, 0.2) is 0 Å². The Morgan fingerprint density at radius 1 is 1.06 bits per heavy atom. The molecule has 2 saturated heterocycles. The molecule has 1 aromatic carbocycles. The molecule has 92 valence electrons. The van der Waals surface area contributed by atoms with Crippen molar-refractivity contribution in [1.29, 1.82) is 0 Å². The molecule has 0 spiro atoms. The minimum atomic E-state index is 0.746. The van der Waals surface area contributed by atoms with Crippen LogP contribution in [0, 0.1) is 0 Å². The Kier molecular flexibility index (Phi) is 3.17. The predicted molar refractivity (Wildman–Crippen MR) is 71.5 cm³/mol. The smallest absolute Gasteiger partial charge is 0.00477 e. The lowest BCUT2D eigenvalue weighted by Crippen LogP contribution is -2.13. The Balaban J connectivity index is 1.71. The van der Waals surface area contributed by atoms with Gasteiger partial charge in [-0.05, 0) is 55.9 Å². The molecule has 1 aromatic rings. The molecule has 1 N–H and O–H groups in total. The number of hydrogen-bond acceptors (Lipinski definition) is 2. The fourth-order valence-electron chi connectivity index (χ4n) is 3.19. The molecule has 2 heteroatoms. The highest BCUT2D eigenvalue weighted by Crippen LogP contribution is 2.28. The summed E-state index contributed by atoms with van der Waals surface area (Å²) in [5.74, 6) is 1.51. The van der Waals surface area contributed by atoms with Crippen molar-refractivity contribution in [2.75, 3.05) is 33.2 Å². The molecule has 0 saturated carbocycles. The van der Waals surface area contributed by atoms with E-state index in [2.05, 4.69) is 41.5 Å². The lowest BCUT2D eigenvalue weighted by Gasteiger charge is -2.13.